The zero-order valence-electron chi connectivity index (χ0n) is 9.74. The summed E-state index contributed by atoms with van der Waals surface area (Å²) in [5.74, 6) is 0. The summed E-state index contributed by atoms with van der Waals surface area (Å²) in [4.78, 5) is 7.18. The first-order valence-corrected chi connectivity index (χ1v) is 5.41. The normalized spacial score (nSPS) is 25.9. The van der Waals surface area contributed by atoms with E-state index in [1.807, 2.05) is 0 Å². The van der Waals surface area contributed by atoms with Crippen LogP contribution in [0.5, 0.6) is 0 Å². The predicted molar refractivity (Wildman–Crippen MR) is 60.5 cm³/mol. The molecule has 1 unspecified atom stereocenters. The Morgan fingerprint density at radius 1 is 1.36 bits per heavy atom. The van der Waals surface area contributed by atoms with Crippen LogP contribution in [0.2, 0.25) is 0 Å². The van der Waals surface area contributed by atoms with Gasteiger partial charge in [0.1, 0.15) is 0 Å². The molecule has 0 aliphatic carbocycles. The van der Waals surface area contributed by atoms with E-state index < -0.39 is 0 Å². The predicted octanol–water partition coefficient (Wildman–Crippen LogP) is -0.877. The second-order valence-electron chi connectivity index (χ2n) is 4.50. The van der Waals surface area contributed by atoms with E-state index in [1.54, 1.807) is 0 Å². The van der Waals surface area contributed by atoms with Gasteiger partial charge in [0.2, 0.25) is 0 Å². The average molecular weight is 200 g/mol. The van der Waals surface area contributed by atoms with Gasteiger partial charge in [-0.3, -0.25) is 4.90 Å². The molecule has 1 aliphatic heterocycles. The molecule has 0 radical (unpaired) electrons. The van der Waals surface area contributed by atoms with Crippen molar-refractivity contribution in [2.75, 3.05) is 60.4 Å². The third kappa shape index (κ3) is 3.53. The Hall–Kier alpha value is -0.160. The number of nitrogens with zero attached hydrogens (tertiary/aromatic N) is 3. The van der Waals surface area contributed by atoms with Crippen LogP contribution in [0.1, 0.15) is 0 Å². The highest BCUT2D eigenvalue weighted by Gasteiger charge is 2.24. The first-order chi connectivity index (χ1) is 6.63. The molecule has 1 heterocycles. The van der Waals surface area contributed by atoms with E-state index in [0.717, 1.165) is 32.7 Å². The number of piperazine rings is 1. The quantitative estimate of drug-likeness (QED) is 0.639. The van der Waals surface area contributed by atoms with Crippen molar-refractivity contribution in [1.29, 1.82) is 0 Å². The lowest BCUT2D eigenvalue weighted by Crippen LogP contribution is -2.56. The monoisotopic (exact) mass is 200 g/mol. The van der Waals surface area contributed by atoms with Crippen LogP contribution in [0.25, 0.3) is 0 Å². The van der Waals surface area contributed by atoms with Crippen LogP contribution in [0.3, 0.4) is 0 Å². The summed E-state index contributed by atoms with van der Waals surface area (Å²) >= 11 is 0. The van der Waals surface area contributed by atoms with E-state index in [2.05, 4.69) is 35.8 Å². The molecule has 0 saturated carbocycles. The lowest BCUT2D eigenvalue weighted by atomic mass is 10.1. The van der Waals surface area contributed by atoms with Crippen LogP contribution in [-0.2, 0) is 0 Å². The number of hydrogen-bond acceptors (Lipinski definition) is 4. The van der Waals surface area contributed by atoms with E-state index >= 15 is 0 Å². The fourth-order valence-corrected chi connectivity index (χ4v) is 2.10. The van der Waals surface area contributed by atoms with Crippen molar-refractivity contribution >= 4 is 0 Å². The Balaban J connectivity index is 2.45. The molecule has 4 heteroatoms. The summed E-state index contributed by atoms with van der Waals surface area (Å²) in [5.41, 5.74) is 5.62. The molecule has 0 bridgehead atoms. The molecule has 2 N–H and O–H groups in total. The first kappa shape index (κ1) is 11.9. The minimum absolute atomic E-state index is 0.646. The third-order valence-corrected chi connectivity index (χ3v) is 2.80. The molecule has 84 valence electrons. The minimum Gasteiger partial charge on any atom is -0.329 e. The van der Waals surface area contributed by atoms with Crippen LogP contribution in [0.4, 0.5) is 0 Å². The van der Waals surface area contributed by atoms with Crippen LogP contribution in [0.15, 0.2) is 0 Å². The van der Waals surface area contributed by atoms with E-state index in [-0.39, 0.29) is 0 Å². The van der Waals surface area contributed by atoms with Crippen LogP contribution < -0.4 is 5.73 Å². The van der Waals surface area contributed by atoms with Gasteiger partial charge in [0.05, 0.1) is 0 Å². The molecule has 1 rings (SSSR count). The molecule has 1 fully saturated rings. The topological polar surface area (TPSA) is 35.7 Å². The van der Waals surface area contributed by atoms with Gasteiger partial charge in [-0.05, 0) is 21.1 Å². The van der Waals surface area contributed by atoms with Gasteiger partial charge in [-0.1, -0.05) is 0 Å². The van der Waals surface area contributed by atoms with Crippen molar-refractivity contribution in [2.45, 2.75) is 6.04 Å². The molecule has 0 aromatic rings. The summed E-state index contributed by atoms with van der Waals surface area (Å²) in [5, 5.41) is 0. The van der Waals surface area contributed by atoms with Crippen LogP contribution in [0, 0.1) is 0 Å². The molecule has 0 aromatic carbocycles. The maximum Gasteiger partial charge on any atom is 0.0351 e. The summed E-state index contributed by atoms with van der Waals surface area (Å²) in [6.45, 7) is 6.43. The highest BCUT2D eigenvalue weighted by Crippen LogP contribution is 2.08. The Morgan fingerprint density at radius 3 is 2.64 bits per heavy atom. The van der Waals surface area contributed by atoms with E-state index in [0.29, 0.717) is 6.04 Å². The van der Waals surface area contributed by atoms with Gasteiger partial charge in [-0.25, -0.2) is 0 Å². The molecular weight excluding hydrogens is 176 g/mol. The highest BCUT2D eigenvalue weighted by molar-refractivity contribution is 4.82. The Kier molecular flexibility index (Phi) is 4.81. The lowest BCUT2D eigenvalue weighted by molar-refractivity contribution is 0.0758. The zero-order valence-corrected chi connectivity index (χ0v) is 9.74. The average Bonchev–Trinajstić information content (AvgIpc) is 2.09. The Labute approximate surface area is 87.6 Å². The molecular formula is C10H24N4. The standard InChI is InChI=1S/C10H24N4/c1-12(2)8-10-9-13(3)6-7-14(10)5-4-11/h10H,4-9,11H2,1-3H3. The second-order valence-corrected chi connectivity index (χ2v) is 4.50. The number of likely N-dealkylation sites (N-methyl/N-ethyl adjacent to an activating group) is 2. The maximum absolute atomic E-state index is 5.62. The van der Waals surface area contributed by atoms with Crippen molar-refractivity contribution in [3.8, 4) is 0 Å². The lowest BCUT2D eigenvalue weighted by Gasteiger charge is -2.41. The SMILES string of the molecule is CN(C)CC1CN(C)CCN1CCN. The molecule has 4 nitrogen and oxygen atoms in total. The smallest absolute Gasteiger partial charge is 0.0351 e. The first-order valence-electron chi connectivity index (χ1n) is 5.41. The summed E-state index contributed by atoms with van der Waals surface area (Å²) in [6, 6.07) is 0.646. The summed E-state index contributed by atoms with van der Waals surface area (Å²) in [6.07, 6.45) is 0. The molecule has 0 amide bonds. The van der Waals surface area contributed by atoms with Gasteiger partial charge in [-0.15, -0.1) is 0 Å². The van der Waals surface area contributed by atoms with Gasteiger partial charge < -0.3 is 15.5 Å². The largest absolute Gasteiger partial charge is 0.329 e. The van der Waals surface area contributed by atoms with Crippen LogP contribution >= 0.6 is 0 Å². The molecule has 0 spiro atoms. The van der Waals surface area contributed by atoms with Crippen molar-refractivity contribution in [2.24, 2.45) is 5.73 Å². The van der Waals surface area contributed by atoms with Gasteiger partial charge in [0.15, 0.2) is 0 Å². The van der Waals surface area contributed by atoms with E-state index in [4.69, 9.17) is 5.73 Å². The Bertz CT molecular complexity index is 158. The number of rotatable bonds is 4. The van der Waals surface area contributed by atoms with Crippen molar-refractivity contribution in [3.63, 3.8) is 0 Å². The fraction of sp³-hybridized carbons (Fsp3) is 1.00. The Morgan fingerprint density at radius 2 is 2.07 bits per heavy atom. The van der Waals surface area contributed by atoms with Crippen molar-refractivity contribution in [3.05, 3.63) is 0 Å². The molecule has 1 saturated heterocycles. The number of hydrogen-bond donors (Lipinski definition) is 1. The summed E-state index contributed by atoms with van der Waals surface area (Å²) in [7, 11) is 6.47. The van der Waals surface area contributed by atoms with Gasteiger partial charge in [-0.2, -0.15) is 0 Å². The number of nitrogens with two attached hydrogens (primary N) is 1. The van der Waals surface area contributed by atoms with Crippen molar-refractivity contribution in [1.82, 2.24) is 14.7 Å². The zero-order chi connectivity index (χ0) is 10.6. The molecule has 14 heavy (non-hydrogen) atoms. The maximum atomic E-state index is 5.62. The van der Waals surface area contributed by atoms with E-state index in [9.17, 15) is 0 Å². The second kappa shape index (κ2) is 5.66. The van der Waals surface area contributed by atoms with Crippen LogP contribution in [-0.4, -0.2) is 81.2 Å². The van der Waals surface area contributed by atoms with E-state index in [1.165, 1.54) is 6.54 Å². The molecule has 0 aromatic heterocycles. The summed E-state index contributed by atoms with van der Waals surface area (Å²) < 4.78 is 0. The van der Waals surface area contributed by atoms with Gasteiger partial charge in [0, 0.05) is 45.3 Å². The van der Waals surface area contributed by atoms with Gasteiger partial charge >= 0.3 is 0 Å². The fourth-order valence-electron chi connectivity index (χ4n) is 2.10. The highest BCUT2D eigenvalue weighted by atomic mass is 15.3. The third-order valence-electron chi connectivity index (χ3n) is 2.80. The molecule has 1 atom stereocenters. The minimum atomic E-state index is 0.646. The van der Waals surface area contributed by atoms with Crippen molar-refractivity contribution < 1.29 is 0 Å². The molecule has 1 aliphatic rings. The van der Waals surface area contributed by atoms with Gasteiger partial charge in [0.25, 0.3) is 0 Å².